The maximum atomic E-state index is 12.6. The van der Waals surface area contributed by atoms with Crippen LogP contribution < -0.4 is 4.90 Å². The maximum absolute atomic E-state index is 12.6. The van der Waals surface area contributed by atoms with Crippen LogP contribution in [0.5, 0.6) is 0 Å². The van der Waals surface area contributed by atoms with Crippen molar-refractivity contribution in [1.29, 1.82) is 0 Å². The standard InChI is InChI=1S/C24H34N6O4/c1-17-25-13-18(14-26-17)20-11-19(27-21(28-20)29-7-9-33-10-8-29)12-24(16-31)5-6-30(15-24)22(32)34-23(2,3)4/h11,13-14,31H,5-10,12,15-16H2,1-4H3/t24-/m0/s1. The molecule has 0 saturated carbocycles. The minimum Gasteiger partial charge on any atom is -0.444 e. The molecule has 0 radical (unpaired) electrons. The number of hydrogen-bond acceptors (Lipinski definition) is 9. The summed E-state index contributed by atoms with van der Waals surface area (Å²) < 4.78 is 11.0. The van der Waals surface area contributed by atoms with Gasteiger partial charge in [0.2, 0.25) is 5.95 Å². The molecule has 1 amide bonds. The van der Waals surface area contributed by atoms with Crippen molar-refractivity contribution in [3.63, 3.8) is 0 Å². The highest BCUT2D eigenvalue weighted by molar-refractivity contribution is 5.68. The summed E-state index contributed by atoms with van der Waals surface area (Å²) >= 11 is 0. The van der Waals surface area contributed by atoms with E-state index in [4.69, 9.17) is 19.4 Å². The smallest absolute Gasteiger partial charge is 0.410 e. The number of morpholine rings is 1. The molecule has 1 atom stereocenters. The summed E-state index contributed by atoms with van der Waals surface area (Å²) in [5.74, 6) is 1.32. The van der Waals surface area contributed by atoms with Crippen LogP contribution in [0.2, 0.25) is 0 Å². The lowest BCUT2D eigenvalue weighted by molar-refractivity contribution is 0.0253. The monoisotopic (exact) mass is 470 g/mol. The number of ether oxygens (including phenoxy) is 2. The fraction of sp³-hybridized carbons (Fsp3) is 0.625. The highest BCUT2D eigenvalue weighted by Gasteiger charge is 2.41. The molecule has 0 bridgehead atoms. The van der Waals surface area contributed by atoms with Gasteiger partial charge in [-0.05, 0) is 46.6 Å². The average molecular weight is 471 g/mol. The van der Waals surface area contributed by atoms with Gasteiger partial charge in [-0.1, -0.05) is 0 Å². The van der Waals surface area contributed by atoms with Gasteiger partial charge in [0.15, 0.2) is 0 Å². The second-order valence-electron chi connectivity index (χ2n) is 10.1. The van der Waals surface area contributed by atoms with Crippen LogP contribution in [0, 0.1) is 12.3 Å². The van der Waals surface area contributed by atoms with Crippen LogP contribution in [-0.2, 0) is 15.9 Å². The van der Waals surface area contributed by atoms with Gasteiger partial charge in [0, 0.05) is 55.2 Å². The number of aliphatic hydroxyl groups excluding tert-OH is 1. The van der Waals surface area contributed by atoms with E-state index in [0.717, 1.165) is 17.0 Å². The Labute approximate surface area is 200 Å². The highest BCUT2D eigenvalue weighted by atomic mass is 16.6. The SMILES string of the molecule is Cc1ncc(-c2cc(C[C@@]3(CO)CCN(C(=O)OC(C)(C)C)C3)nc(N3CCOCC3)n2)cn1. The van der Waals surface area contributed by atoms with E-state index in [2.05, 4.69) is 14.9 Å². The van der Waals surface area contributed by atoms with Gasteiger partial charge in [-0.3, -0.25) is 0 Å². The summed E-state index contributed by atoms with van der Waals surface area (Å²) in [6.45, 7) is 11.0. The normalized spacial score (nSPS) is 21.1. The van der Waals surface area contributed by atoms with Gasteiger partial charge in [-0.15, -0.1) is 0 Å². The number of rotatable bonds is 5. The molecular weight excluding hydrogens is 436 g/mol. The molecule has 0 aliphatic carbocycles. The van der Waals surface area contributed by atoms with Gasteiger partial charge >= 0.3 is 6.09 Å². The van der Waals surface area contributed by atoms with E-state index in [1.807, 2.05) is 33.8 Å². The first-order chi connectivity index (χ1) is 16.2. The molecule has 0 aromatic carbocycles. The summed E-state index contributed by atoms with van der Waals surface area (Å²) in [5, 5.41) is 10.4. The number of likely N-dealkylation sites (tertiary alicyclic amines) is 1. The Morgan fingerprint density at radius 1 is 1.18 bits per heavy atom. The zero-order valence-electron chi connectivity index (χ0n) is 20.5. The van der Waals surface area contributed by atoms with E-state index in [9.17, 15) is 9.90 Å². The van der Waals surface area contributed by atoms with Crippen LogP contribution in [0.15, 0.2) is 18.5 Å². The molecule has 10 nitrogen and oxygen atoms in total. The third kappa shape index (κ3) is 5.79. The van der Waals surface area contributed by atoms with Crippen molar-refractivity contribution in [2.75, 3.05) is 50.9 Å². The first-order valence-electron chi connectivity index (χ1n) is 11.7. The van der Waals surface area contributed by atoms with E-state index >= 15 is 0 Å². The second-order valence-corrected chi connectivity index (χ2v) is 10.1. The lowest BCUT2D eigenvalue weighted by Crippen LogP contribution is -2.39. The largest absolute Gasteiger partial charge is 0.444 e. The number of hydrogen-bond donors (Lipinski definition) is 1. The van der Waals surface area contributed by atoms with Crippen molar-refractivity contribution in [2.24, 2.45) is 5.41 Å². The number of aryl methyl sites for hydroxylation is 1. The molecule has 1 N–H and O–H groups in total. The Hall–Kier alpha value is -2.85. The minimum atomic E-state index is -0.563. The predicted molar refractivity (Wildman–Crippen MR) is 126 cm³/mol. The van der Waals surface area contributed by atoms with Gasteiger partial charge in [0.1, 0.15) is 11.4 Å². The second kappa shape index (κ2) is 9.79. The molecule has 4 rings (SSSR count). The zero-order valence-corrected chi connectivity index (χ0v) is 20.5. The third-order valence-electron chi connectivity index (χ3n) is 6.12. The van der Waals surface area contributed by atoms with Crippen molar-refractivity contribution in [3.05, 3.63) is 30.0 Å². The molecule has 0 spiro atoms. The number of aromatic nitrogens is 4. The molecule has 2 aliphatic rings. The lowest BCUT2D eigenvalue weighted by Gasteiger charge is -2.30. The number of nitrogens with zero attached hydrogens (tertiary/aromatic N) is 6. The van der Waals surface area contributed by atoms with Crippen LogP contribution in [0.1, 0.15) is 38.7 Å². The van der Waals surface area contributed by atoms with E-state index < -0.39 is 11.0 Å². The summed E-state index contributed by atoms with van der Waals surface area (Å²) in [6, 6.07) is 1.94. The van der Waals surface area contributed by atoms with Crippen molar-refractivity contribution < 1.29 is 19.4 Å². The number of aliphatic hydroxyl groups is 1. The van der Waals surface area contributed by atoms with E-state index in [1.54, 1.807) is 17.3 Å². The lowest BCUT2D eigenvalue weighted by atomic mass is 9.83. The predicted octanol–water partition coefficient (Wildman–Crippen LogP) is 2.24. The molecule has 4 heterocycles. The molecule has 184 valence electrons. The van der Waals surface area contributed by atoms with Crippen LogP contribution in [0.25, 0.3) is 11.3 Å². The van der Waals surface area contributed by atoms with Gasteiger partial charge in [0.25, 0.3) is 0 Å². The molecule has 2 aliphatic heterocycles. The first kappa shape index (κ1) is 24.3. The maximum Gasteiger partial charge on any atom is 0.410 e. The summed E-state index contributed by atoms with van der Waals surface area (Å²) in [5.41, 5.74) is 1.30. The Balaban J connectivity index is 1.61. The van der Waals surface area contributed by atoms with E-state index in [0.29, 0.717) is 64.0 Å². The fourth-order valence-corrected chi connectivity index (χ4v) is 4.28. The Kier molecular flexibility index (Phi) is 6.99. The average Bonchev–Trinajstić information content (AvgIpc) is 3.23. The van der Waals surface area contributed by atoms with Gasteiger partial charge in [0.05, 0.1) is 25.5 Å². The molecular formula is C24H34N6O4. The van der Waals surface area contributed by atoms with Crippen LogP contribution >= 0.6 is 0 Å². The Morgan fingerprint density at radius 3 is 2.53 bits per heavy atom. The van der Waals surface area contributed by atoms with Gasteiger partial charge in [-0.25, -0.2) is 24.7 Å². The van der Waals surface area contributed by atoms with Crippen molar-refractivity contribution in [3.8, 4) is 11.3 Å². The molecule has 10 heteroatoms. The molecule has 2 saturated heterocycles. The number of carbonyl (C=O) groups excluding carboxylic acids is 1. The number of amides is 1. The van der Waals surface area contributed by atoms with Gasteiger partial charge in [-0.2, -0.15) is 0 Å². The Morgan fingerprint density at radius 2 is 1.88 bits per heavy atom. The minimum absolute atomic E-state index is 0.0494. The fourth-order valence-electron chi connectivity index (χ4n) is 4.28. The van der Waals surface area contributed by atoms with Crippen molar-refractivity contribution >= 4 is 12.0 Å². The van der Waals surface area contributed by atoms with Crippen LogP contribution in [-0.4, -0.2) is 87.6 Å². The summed E-state index contributed by atoms with van der Waals surface area (Å²) in [7, 11) is 0. The number of anilines is 1. The number of carbonyl (C=O) groups is 1. The van der Waals surface area contributed by atoms with E-state index in [-0.39, 0.29) is 12.7 Å². The van der Waals surface area contributed by atoms with Crippen LogP contribution in [0.3, 0.4) is 0 Å². The van der Waals surface area contributed by atoms with Crippen molar-refractivity contribution in [1.82, 2.24) is 24.8 Å². The Bertz CT molecular complexity index is 1000. The summed E-state index contributed by atoms with van der Waals surface area (Å²) in [4.78, 5) is 34.7. The van der Waals surface area contributed by atoms with Crippen LogP contribution in [0.4, 0.5) is 10.7 Å². The quantitative estimate of drug-likeness (QED) is 0.703. The third-order valence-corrected chi connectivity index (χ3v) is 6.12. The molecule has 2 fully saturated rings. The van der Waals surface area contributed by atoms with E-state index in [1.165, 1.54) is 0 Å². The van der Waals surface area contributed by atoms with Crippen molar-refractivity contribution in [2.45, 2.75) is 46.1 Å². The zero-order chi connectivity index (χ0) is 24.3. The first-order valence-corrected chi connectivity index (χ1v) is 11.7. The molecule has 34 heavy (non-hydrogen) atoms. The summed E-state index contributed by atoms with van der Waals surface area (Å²) in [6.07, 6.45) is 4.36. The molecule has 2 aromatic rings. The molecule has 0 unspecified atom stereocenters. The van der Waals surface area contributed by atoms with Gasteiger partial charge < -0.3 is 24.4 Å². The highest BCUT2D eigenvalue weighted by Crippen LogP contribution is 2.35. The topological polar surface area (TPSA) is 114 Å². The molecule has 2 aromatic heterocycles.